The van der Waals surface area contributed by atoms with Crippen LogP contribution in [0.1, 0.15) is 11.1 Å². The van der Waals surface area contributed by atoms with Crippen LogP contribution in [-0.4, -0.2) is 24.7 Å². The number of aromatic nitrogens is 4. The second-order valence-electron chi connectivity index (χ2n) is 6.79. The normalized spacial score (nSPS) is 10.9. The summed E-state index contributed by atoms with van der Waals surface area (Å²) in [7, 11) is 0. The van der Waals surface area contributed by atoms with Crippen LogP contribution in [0.4, 0.5) is 11.6 Å². The highest BCUT2D eigenvalue weighted by molar-refractivity contribution is 7.80. The molecule has 0 bridgehead atoms. The van der Waals surface area contributed by atoms with Crippen LogP contribution in [-0.2, 0) is 13.1 Å². The van der Waals surface area contributed by atoms with Gasteiger partial charge in [0.15, 0.2) is 16.7 Å². The topological polar surface area (TPSA) is 59.7 Å². The van der Waals surface area contributed by atoms with Crippen molar-refractivity contribution >= 4 is 75.4 Å². The molecule has 2 aromatic heterocycles. The van der Waals surface area contributed by atoms with Crippen molar-refractivity contribution in [1.29, 1.82) is 0 Å². The summed E-state index contributed by atoms with van der Waals surface area (Å²) in [6.07, 6.45) is 3.51. The fourth-order valence-electron chi connectivity index (χ4n) is 2.98. The number of hydrogen-bond acceptors (Lipinski definition) is 3. The molecule has 2 aromatic carbocycles. The molecule has 0 radical (unpaired) electrons. The van der Waals surface area contributed by atoms with E-state index in [2.05, 4.69) is 20.8 Å². The summed E-state index contributed by atoms with van der Waals surface area (Å²) >= 11 is 30.4. The Morgan fingerprint density at radius 1 is 0.781 bits per heavy atom. The molecule has 0 aliphatic carbocycles. The molecule has 0 atom stereocenters. The zero-order valence-corrected chi connectivity index (χ0v) is 20.2. The summed E-state index contributed by atoms with van der Waals surface area (Å²) in [6.45, 7) is 0.912. The average molecular weight is 526 g/mol. The van der Waals surface area contributed by atoms with Gasteiger partial charge in [-0.1, -0.05) is 70.7 Å². The van der Waals surface area contributed by atoms with E-state index < -0.39 is 0 Å². The first-order valence-corrected chi connectivity index (χ1v) is 11.3. The van der Waals surface area contributed by atoms with Gasteiger partial charge >= 0.3 is 0 Å². The molecule has 0 saturated heterocycles. The molecule has 0 fully saturated rings. The van der Waals surface area contributed by atoms with Gasteiger partial charge in [-0.05, 0) is 36.0 Å². The second kappa shape index (κ2) is 10.1. The number of hydrogen-bond donors (Lipinski definition) is 2. The predicted molar refractivity (Wildman–Crippen MR) is 135 cm³/mol. The Balaban J connectivity index is 1.39. The van der Waals surface area contributed by atoms with Gasteiger partial charge in [-0.25, -0.2) is 0 Å². The van der Waals surface area contributed by atoms with E-state index in [9.17, 15) is 0 Å². The molecular formula is C21H16Cl4N6S. The van der Waals surface area contributed by atoms with E-state index in [0.29, 0.717) is 49.9 Å². The molecule has 0 aliphatic rings. The first-order chi connectivity index (χ1) is 15.4. The summed E-state index contributed by atoms with van der Waals surface area (Å²) in [5.74, 6) is 0.982. The van der Waals surface area contributed by atoms with Crippen LogP contribution in [0.25, 0.3) is 0 Å². The second-order valence-corrected chi connectivity index (χ2v) is 8.83. The summed E-state index contributed by atoms with van der Waals surface area (Å²) < 4.78 is 3.40. The van der Waals surface area contributed by atoms with Crippen molar-refractivity contribution in [3.63, 3.8) is 0 Å². The lowest BCUT2D eigenvalue weighted by atomic mass is 10.2. The third-order valence-corrected chi connectivity index (χ3v) is 6.06. The van der Waals surface area contributed by atoms with Gasteiger partial charge in [0, 0.05) is 39.1 Å². The highest BCUT2D eigenvalue weighted by Gasteiger charge is 2.13. The van der Waals surface area contributed by atoms with E-state index >= 15 is 0 Å². The van der Waals surface area contributed by atoms with Gasteiger partial charge in [0.05, 0.1) is 13.1 Å². The van der Waals surface area contributed by atoms with Gasteiger partial charge in [0.1, 0.15) is 5.02 Å². The molecule has 0 aliphatic heterocycles. The number of halogens is 4. The van der Waals surface area contributed by atoms with Gasteiger partial charge in [-0.15, -0.1) is 0 Å². The van der Waals surface area contributed by atoms with Crippen LogP contribution in [0.15, 0.2) is 60.9 Å². The molecule has 4 aromatic rings. The van der Waals surface area contributed by atoms with Crippen molar-refractivity contribution in [2.75, 3.05) is 10.6 Å². The van der Waals surface area contributed by atoms with Gasteiger partial charge in [-0.3, -0.25) is 9.36 Å². The summed E-state index contributed by atoms with van der Waals surface area (Å²) in [5, 5.41) is 17.4. The Bertz CT molecular complexity index is 1250. The van der Waals surface area contributed by atoms with Crippen molar-refractivity contribution in [2.45, 2.75) is 13.1 Å². The van der Waals surface area contributed by atoms with Crippen molar-refractivity contribution in [1.82, 2.24) is 19.6 Å². The molecule has 32 heavy (non-hydrogen) atoms. The molecular weight excluding hydrogens is 510 g/mol. The molecule has 0 unspecified atom stereocenters. The summed E-state index contributed by atoms with van der Waals surface area (Å²) in [4.78, 5) is 0. The van der Waals surface area contributed by atoms with Crippen molar-refractivity contribution < 1.29 is 0 Å². The first kappa shape index (κ1) is 22.9. The molecule has 164 valence electrons. The molecule has 0 saturated carbocycles. The number of anilines is 2. The minimum Gasteiger partial charge on any atom is -0.316 e. The highest BCUT2D eigenvalue weighted by Crippen LogP contribution is 2.27. The predicted octanol–water partition coefficient (Wildman–Crippen LogP) is 6.60. The zero-order chi connectivity index (χ0) is 22.7. The number of thiocarbonyl (C=S) groups is 1. The Morgan fingerprint density at radius 3 is 2.25 bits per heavy atom. The van der Waals surface area contributed by atoms with Gasteiger partial charge in [0.2, 0.25) is 0 Å². The van der Waals surface area contributed by atoms with Crippen molar-refractivity contribution in [3.8, 4) is 0 Å². The maximum absolute atomic E-state index is 6.32. The van der Waals surface area contributed by atoms with E-state index in [1.807, 2.05) is 36.5 Å². The third-order valence-electron chi connectivity index (χ3n) is 4.50. The minimum atomic E-state index is 0.302. The van der Waals surface area contributed by atoms with Crippen molar-refractivity contribution in [3.05, 3.63) is 92.1 Å². The zero-order valence-electron chi connectivity index (χ0n) is 16.4. The van der Waals surface area contributed by atoms with E-state index in [1.54, 1.807) is 33.8 Å². The fraction of sp³-hybridized carbons (Fsp3) is 0.0952. The number of nitrogens with zero attached hydrogens (tertiary/aromatic N) is 4. The minimum absolute atomic E-state index is 0.302. The van der Waals surface area contributed by atoms with E-state index in [-0.39, 0.29) is 0 Å². The highest BCUT2D eigenvalue weighted by atomic mass is 35.5. The summed E-state index contributed by atoms with van der Waals surface area (Å²) in [6, 6.07) is 14.8. The molecule has 2 heterocycles. The van der Waals surface area contributed by atoms with E-state index in [1.165, 1.54) is 0 Å². The van der Waals surface area contributed by atoms with Crippen LogP contribution in [0.5, 0.6) is 0 Å². The van der Waals surface area contributed by atoms with Gasteiger partial charge in [-0.2, -0.15) is 10.2 Å². The molecule has 2 N–H and O–H groups in total. The monoisotopic (exact) mass is 524 g/mol. The molecule has 4 rings (SSSR count). The lowest BCUT2D eigenvalue weighted by Gasteiger charge is -2.08. The largest absolute Gasteiger partial charge is 0.316 e. The maximum atomic E-state index is 6.32. The SMILES string of the molecule is S=C(Nc1ccn(Cc2ccccc2Cl)n1)Nc1nn(Cc2c(Cl)cccc2Cl)cc1Cl. The van der Waals surface area contributed by atoms with Crippen LogP contribution in [0.2, 0.25) is 20.1 Å². The number of benzene rings is 2. The lowest BCUT2D eigenvalue weighted by molar-refractivity contribution is 0.689. The number of rotatable bonds is 6. The maximum Gasteiger partial charge on any atom is 0.177 e. The first-order valence-electron chi connectivity index (χ1n) is 9.40. The molecule has 11 heteroatoms. The molecule has 0 amide bonds. The van der Waals surface area contributed by atoms with E-state index in [0.717, 1.165) is 11.1 Å². The third kappa shape index (κ3) is 5.54. The molecule has 0 spiro atoms. The summed E-state index contributed by atoms with van der Waals surface area (Å²) in [5.41, 5.74) is 1.73. The van der Waals surface area contributed by atoms with Crippen molar-refractivity contribution in [2.24, 2.45) is 0 Å². The Hall–Kier alpha value is -2.29. The fourth-order valence-corrected chi connectivity index (χ4v) is 4.09. The van der Waals surface area contributed by atoms with Gasteiger partial charge < -0.3 is 10.6 Å². The molecule has 6 nitrogen and oxygen atoms in total. The quantitative estimate of drug-likeness (QED) is 0.278. The Labute approximate surface area is 210 Å². The van der Waals surface area contributed by atoms with Crippen LogP contribution >= 0.6 is 58.6 Å². The van der Waals surface area contributed by atoms with Crippen LogP contribution < -0.4 is 10.6 Å². The Morgan fingerprint density at radius 2 is 1.50 bits per heavy atom. The smallest absolute Gasteiger partial charge is 0.177 e. The van der Waals surface area contributed by atoms with Crippen LogP contribution in [0, 0.1) is 0 Å². The average Bonchev–Trinajstić information content (AvgIpc) is 3.32. The van der Waals surface area contributed by atoms with Crippen LogP contribution in [0.3, 0.4) is 0 Å². The number of nitrogens with one attached hydrogen (secondary N) is 2. The standard InChI is InChI=1S/C21H16Cl4N6S/c22-15-5-2-1-4-13(15)10-30-9-8-19(28-30)26-21(32)27-20-18(25)12-31(29-20)11-14-16(23)6-3-7-17(14)24/h1-9,12H,10-11H2,(H2,26,27,28,29,32). The Kier molecular flexibility index (Phi) is 7.23. The lowest BCUT2D eigenvalue weighted by Crippen LogP contribution is -2.20. The van der Waals surface area contributed by atoms with Gasteiger partial charge in [0.25, 0.3) is 0 Å². The van der Waals surface area contributed by atoms with E-state index in [4.69, 9.17) is 58.6 Å².